The van der Waals surface area contributed by atoms with E-state index in [1.807, 2.05) is 0 Å². The molecule has 0 aliphatic carbocycles. The first-order chi connectivity index (χ1) is 7.24. The van der Waals surface area contributed by atoms with Crippen LogP contribution < -0.4 is 4.74 Å². The van der Waals surface area contributed by atoms with Crippen LogP contribution in [0, 0.1) is 5.82 Å². The highest BCUT2D eigenvalue weighted by Gasteiger charge is 2.06. The average molecular weight is 206 g/mol. The van der Waals surface area contributed by atoms with Crippen molar-refractivity contribution in [3.05, 3.63) is 29.7 Å². The van der Waals surface area contributed by atoms with Gasteiger partial charge in [-0.25, -0.2) is 14.4 Å². The number of hydrogen-bond donors (Lipinski definition) is 0. The van der Waals surface area contributed by atoms with Crippen LogP contribution in [0.5, 0.6) is 5.88 Å². The molecular formula is C10H7FN2O2. The molecule has 1 heterocycles. The maximum absolute atomic E-state index is 13.2. The van der Waals surface area contributed by atoms with Crippen LogP contribution in [0.25, 0.3) is 11.0 Å². The number of halogens is 1. The molecule has 0 fully saturated rings. The summed E-state index contributed by atoms with van der Waals surface area (Å²) in [6.07, 6.45) is 1.86. The second-order valence-corrected chi connectivity index (χ2v) is 2.89. The van der Waals surface area contributed by atoms with Gasteiger partial charge in [0.25, 0.3) is 0 Å². The maximum Gasteiger partial charge on any atom is 0.232 e. The number of methoxy groups -OCH3 is 1. The number of carbonyl (C=O) groups excluding carboxylic acids is 1. The van der Waals surface area contributed by atoms with Gasteiger partial charge in [0, 0.05) is 6.07 Å². The topological polar surface area (TPSA) is 52.1 Å². The van der Waals surface area contributed by atoms with E-state index in [4.69, 9.17) is 4.74 Å². The fourth-order valence-corrected chi connectivity index (χ4v) is 1.22. The van der Waals surface area contributed by atoms with Gasteiger partial charge in [-0.3, -0.25) is 4.79 Å². The summed E-state index contributed by atoms with van der Waals surface area (Å²) in [6, 6.07) is 2.51. The van der Waals surface area contributed by atoms with Gasteiger partial charge >= 0.3 is 0 Å². The largest absolute Gasteiger partial charge is 0.480 e. The minimum atomic E-state index is -0.611. The lowest BCUT2D eigenvalue weighted by molar-refractivity contribution is 0.112. The van der Waals surface area contributed by atoms with E-state index < -0.39 is 5.82 Å². The van der Waals surface area contributed by atoms with Crippen molar-refractivity contribution in [2.24, 2.45) is 0 Å². The molecule has 0 unspecified atom stereocenters. The summed E-state index contributed by atoms with van der Waals surface area (Å²) in [7, 11) is 1.45. The highest BCUT2D eigenvalue weighted by Crippen LogP contribution is 2.17. The van der Waals surface area contributed by atoms with Crippen LogP contribution in [0.1, 0.15) is 10.4 Å². The fourth-order valence-electron chi connectivity index (χ4n) is 1.22. The van der Waals surface area contributed by atoms with Crippen molar-refractivity contribution in [2.75, 3.05) is 7.11 Å². The predicted molar refractivity (Wildman–Crippen MR) is 51.4 cm³/mol. The third-order valence-electron chi connectivity index (χ3n) is 1.97. The van der Waals surface area contributed by atoms with E-state index in [1.165, 1.54) is 19.4 Å². The van der Waals surface area contributed by atoms with Crippen molar-refractivity contribution in [1.82, 2.24) is 9.97 Å². The number of carbonyl (C=O) groups is 1. The van der Waals surface area contributed by atoms with Crippen molar-refractivity contribution in [3.63, 3.8) is 0 Å². The van der Waals surface area contributed by atoms with Gasteiger partial charge < -0.3 is 4.74 Å². The summed E-state index contributed by atoms with van der Waals surface area (Å²) in [5, 5.41) is 0. The van der Waals surface area contributed by atoms with Gasteiger partial charge in [-0.15, -0.1) is 0 Å². The standard InChI is InChI=1S/C10H7FN2O2/c1-15-10-4-12-8-2-6(5-14)7(11)3-9(8)13-10/h2-5H,1H3. The molecule has 0 amide bonds. The molecule has 0 N–H and O–H groups in total. The van der Waals surface area contributed by atoms with E-state index >= 15 is 0 Å². The van der Waals surface area contributed by atoms with Crippen LogP contribution >= 0.6 is 0 Å². The molecule has 0 spiro atoms. The van der Waals surface area contributed by atoms with E-state index in [-0.39, 0.29) is 5.56 Å². The van der Waals surface area contributed by atoms with Crippen molar-refractivity contribution < 1.29 is 13.9 Å². The van der Waals surface area contributed by atoms with E-state index in [9.17, 15) is 9.18 Å². The fraction of sp³-hybridized carbons (Fsp3) is 0.100. The Hall–Kier alpha value is -2.04. The lowest BCUT2D eigenvalue weighted by Gasteiger charge is -2.01. The summed E-state index contributed by atoms with van der Waals surface area (Å²) in [5.41, 5.74) is 0.790. The van der Waals surface area contributed by atoms with E-state index in [2.05, 4.69) is 9.97 Å². The van der Waals surface area contributed by atoms with Gasteiger partial charge in [0.15, 0.2) is 6.29 Å². The molecule has 0 aliphatic heterocycles. The number of aldehydes is 1. The van der Waals surface area contributed by atoms with E-state index in [0.29, 0.717) is 23.2 Å². The first-order valence-corrected chi connectivity index (χ1v) is 4.20. The summed E-state index contributed by atoms with van der Waals surface area (Å²) in [5.74, 6) is -0.305. The van der Waals surface area contributed by atoms with Gasteiger partial charge in [0.05, 0.1) is 29.9 Å². The Morgan fingerprint density at radius 2 is 2.20 bits per heavy atom. The number of aromatic nitrogens is 2. The minimum Gasteiger partial charge on any atom is -0.480 e. The monoisotopic (exact) mass is 206 g/mol. The maximum atomic E-state index is 13.2. The number of ether oxygens (including phenoxy) is 1. The second-order valence-electron chi connectivity index (χ2n) is 2.89. The summed E-state index contributed by atoms with van der Waals surface area (Å²) in [4.78, 5) is 18.5. The smallest absolute Gasteiger partial charge is 0.232 e. The van der Waals surface area contributed by atoms with Crippen LogP contribution in [0.2, 0.25) is 0 Å². The molecule has 0 saturated heterocycles. The number of nitrogens with zero attached hydrogens (tertiary/aromatic N) is 2. The van der Waals surface area contributed by atoms with Crippen molar-refractivity contribution in [2.45, 2.75) is 0 Å². The normalized spacial score (nSPS) is 10.3. The predicted octanol–water partition coefficient (Wildman–Crippen LogP) is 1.59. The molecule has 0 radical (unpaired) electrons. The highest BCUT2D eigenvalue weighted by molar-refractivity contribution is 5.84. The molecule has 1 aromatic heterocycles. The molecule has 0 atom stereocenters. The van der Waals surface area contributed by atoms with Crippen molar-refractivity contribution >= 4 is 17.3 Å². The van der Waals surface area contributed by atoms with Gasteiger partial charge in [0.1, 0.15) is 5.82 Å². The van der Waals surface area contributed by atoms with Crippen LogP contribution in [0.3, 0.4) is 0 Å². The van der Waals surface area contributed by atoms with Gasteiger partial charge in [-0.1, -0.05) is 0 Å². The highest BCUT2D eigenvalue weighted by atomic mass is 19.1. The molecule has 76 valence electrons. The zero-order valence-electron chi connectivity index (χ0n) is 7.90. The Balaban J connectivity index is 2.70. The van der Waals surface area contributed by atoms with Gasteiger partial charge in [0.2, 0.25) is 5.88 Å². The molecule has 0 saturated carbocycles. The Kier molecular flexibility index (Phi) is 2.29. The zero-order chi connectivity index (χ0) is 10.8. The molecule has 0 aliphatic rings. The van der Waals surface area contributed by atoms with Crippen LogP contribution in [-0.4, -0.2) is 23.4 Å². The molecule has 2 rings (SSSR count). The lowest BCUT2D eigenvalue weighted by atomic mass is 10.2. The summed E-state index contributed by atoms with van der Waals surface area (Å²) in [6.45, 7) is 0. The number of benzene rings is 1. The van der Waals surface area contributed by atoms with E-state index in [0.717, 1.165) is 6.07 Å². The second kappa shape index (κ2) is 3.61. The molecule has 5 heteroatoms. The molecule has 2 aromatic rings. The molecule has 0 bridgehead atoms. The van der Waals surface area contributed by atoms with Crippen LogP contribution in [-0.2, 0) is 0 Å². The summed E-state index contributed by atoms with van der Waals surface area (Å²) < 4.78 is 18.1. The quantitative estimate of drug-likeness (QED) is 0.700. The van der Waals surface area contributed by atoms with Crippen LogP contribution in [0.4, 0.5) is 4.39 Å². The lowest BCUT2D eigenvalue weighted by Crippen LogP contribution is -1.94. The van der Waals surface area contributed by atoms with Crippen molar-refractivity contribution in [1.29, 1.82) is 0 Å². The number of fused-ring (bicyclic) bond motifs is 1. The third kappa shape index (κ3) is 1.63. The SMILES string of the molecule is COc1cnc2cc(C=O)c(F)cc2n1. The van der Waals surface area contributed by atoms with Crippen molar-refractivity contribution in [3.8, 4) is 5.88 Å². The van der Waals surface area contributed by atoms with Gasteiger partial charge in [-0.05, 0) is 6.07 Å². The Labute approximate surface area is 84.7 Å². The third-order valence-corrected chi connectivity index (χ3v) is 1.97. The number of rotatable bonds is 2. The average Bonchev–Trinajstić information content (AvgIpc) is 2.27. The molecule has 4 nitrogen and oxygen atoms in total. The van der Waals surface area contributed by atoms with Gasteiger partial charge in [-0.2, -0.15) is 0 Å². The Morgan fingerprint density at radius 1 is 1.40 bits per heavy atom. The Morgan fingerprint density at radius 3 is 2.87 bits per heavy atom. The molecular weight excluding hydrogens is 199 g/mol. The zero-order valence-corrected chi connectivity index (χ0v) is 7.90. The van der Waals surface area contributed by atoms with Crippen LogP contribution in [0.15, 0.2) is 18.3 Å². The minimum absolute atomic E-state index is 0.0260. The first-order valence-electron chi connectivity index (χ1n) is 4.20. The van der Waals surface area contributed by atoms with E-state index in [1.54, 1.807) is 0 Å². The summed E-state index contributed by atoms with van der Waals surface area (Å²) >= 11 is 0. The Bertz CT molecular complexity index is 528. The number of hydrogen-bond acceptors (Lipinski definition) is 4. The first kappa shape index (κ1) is 9.51. The molecule has 15 heavy (non-hydrogen) atoms. The molecule has 1 aromatic carbocycles.